The number of aryl methyl sites for hydroxylation is 1. The van der Waals surface area contributed by atoms with E-state index in [1.807, 2.05) is 56.3 Å². The van der Waals surface area contributed by atoms with Crippen LogP contribution in [0.4, 0.5) is 11.5 Å². The Balaban J connectivity index is 1.87. The first-order valence-electron chi connectivity index (χ1n) is 8.17. The molecule has 0 spiro atoms. The lowest BCUT2D eigenvalue weighted by Crippen LogP contribution is -2.39. The van der Waals surface area contributed by atoms with Crippen LogP contribution >= 0.6 is 0 Å². The van der Waals surface area contributed by atoms with Gasteiger partial charge in [0, 0.05) is 35.3 Å². The van der Waals surface area contributed by atoms with Gasteiger partial charge in [0.15, 0.2) is 5.82 Å². The first-order valence-corrected chi connectivity index (χ1v) is 8.17. The lowest BCUT2D eigenvalue weighted by atomic mass is 9.85. The minimum absolute atomic E-state index is 0.421. The van der Waals surface area contributed by atoms with E-state index in [0.29, 0.717) is 5.82 Å². The maximum atomic E-state index is 10.9. The molecular formula is C19H19N5O. The number of hydrogen-bond acceptors (Lipinski definition) is 6. The number of aromatic nitrogens is 4. The Morgan fingerprint density at radius 3 is 2.52 bits per heavy atom. The number of aliphatic hydroxyl groups excluding tert-OH is 1. The van der Waals surface area contributed by atoms with E-state index < -0.39 is 11.6 Å². The van der Waals surface area contributed by atoms with Crippen LogP contribution in [0, 0.1) is 6.92 Å². The molecule has 126 valence electrons. The maximum Gasteiger partial charge on any atom is 0.157 e. The minimum atomic E-state index is -0.719. The van der Waals surface area contributed by atoms with Crippen molar-refractivity contribution in [1.82, 2.24) is 20.2 Å². The Kier molecular flexibility index (Phi) is 3.51. The summed E-state index contributed by atoms with van der Waals surface area (Å²) in [5.41, 5.74) is 3.51. The van der Waals surface area contributed by atoms with Crippen LogP contribution in [-0.4, -0.2) is 31.5 Å². The summed E-state index contributed by atoms with van der Waals surface area (Å²) in [5, 5.41) is 19.1. The van der Waals surface area contributed by atoms with Gasteiger partial charge in [-0.1, -0.05) is 26.0 Å². The molecule has 3 heterocycles. The third kappa shape index (κ3) is 2.46. The van der Waals surface area contributed by atoms with Crippen LogP contribution in [-0.2, 0) is 5.41 Å². The standard InChI is InChI=1S/C19H19N5O/c1-12-20-10-14(11-21-12)13-6-7-15-16(9-13)24(18(25)19(15,2)3)17-5-4-8-22-23-17/h4-11,18,25H,1-3H3. The summed E-state index contributed by atoms with van der Waals surface area (Å²) in [6.07, 6.45) is 4.53. The molecule has 1 atom stereocenters. The second-order valence-corrected chi connectivity index (χ2v) is 6.80. The van der Waals surface area contributed by atoms with Crippen molar-refractivity contribution in [2.24, 2.45) is 0 Å². The molecule has 1 aliphatic rings. The van der Waals surface area contributed by atoms with E-state index >= 15 is 0 Å². The van der Waals surface area contributed by atoms with E-state index in [2.05, 4.69) is 32.3 Å². The van der Waals surface area contributed by atoms with Crippen molar-refractivity contribution in [2.45, 2.75) is 32.4 Å². The van der Waals surface area contributed by atoms with Crippen LogP contribution in [0.25, 0.3) is 11.1 Å². The fourth-order valence-electron chi connectivity index (χ4n) is 3.26. The second kappa shape index (κ2) is 5.60. The summed E-state index contributed by atoms with van der Waals surface area (Å²) < 4.78 is 0. The zero-order valence-electron chi connectivity index (χ0n) is 14.4. The zero-order valence-corrected chi connectivity index (χ0v) is 14.4. The van der Waals surface area contributed by atoms with E-state index in [1.165, 1.54) is 0 Å². The molecule has 4 rings (SSSR count). The van der Waals surface area contributed by atoms with Crippen molar-refractivity contribution < 1.29 is 5.11 Å². The monoisotopic (exact) mass is 333 g/mol. The molecule has 6 nitrogen and oxygen atoms in total. The van der Waals surface area contributed by atoms with Crippen molar-refractivity contribution >= 4 is 11.5 Å². The molecule has 0 aliphatic carbocycles. The molecule has 0 saturated carbocycles. The Morgan fingerprint density at radius 1 is 1.08 bits per heavy atom. The Bertz CT molecular complexity index is 909. The highest BCUT2D eigenvalue weighted by atomic mass is 16.3. The fraction of sp³-hybridized carbons (Fsp3) is 0.263. The van der Waals surface area contributed by atoms with Gasteiger partial charge in [0.25, 0.3) is 0 Å². The van der Waals surface area contributed by atoms with Gasteiger partial charge < -0.3 is 5.11 Å². The summed E-state index contributed by atoms with van der Waals surface area (Å²) in [6, 6.07) is 9.82. The van der Waals surface area contributed by atoms with E-state index in [0.717, 1.165) is 28.2 Å². The largest absolute Gasteiger partial charge is 0.372 e. The molecule has 1 aromatic carbocycles. The van der Waals surface area contributed by atoms with Crippen molar-refractivity contribution in [3.63, 3.8) is 0 Å². The Labute approximate surface area is 146 Å². The number of aliphatic hydroxyl groups is 1. The molecule has 0 amide bonds. The quantitative estimate of drug-likeness (QED) is 0.777. The molecule has 1 N–H and O–H groups in total. The number of nitrogens with zero attached hydrogens (tertiary/aromatic N) is 5. The third-order valence-corrected chi connectivity index (χ3v) is 4.76. The fourth-order valence-corrected chi connectivity index (χ4v) is 3.26. The summed E-state index contributed by atoms with van der Waals surface area (Å²) in [6.45, 7) is 5.92. The van der Waals surface area contributed by atoms with Gasteiger partial charge in [-0.15, -0.1) is 5.10 Å². The van der Waals surface area contributed by atoms with Crippen LogP contribution in [0.5, 0.6) is 0 Å². The molecular weight excluding hydrogens is 314 g/mol. The molecule has 2 aromatic heterocycles. The number of rotatable bonds is 2. The highest BCUT2D eigenvalue weighted by Crippen LogP contribution is 2.48. The van der Waals surface area contributed by atoms with Crippen LogP contribution < -0.4 is 4.90 Å². The number of hydrogen-bond donors (Lipinski definition) is 1. The normalized spacial score (nSPS) is 18.2. The van der Waals surface area contributed by atoms with Crippen LogP contribution in [0.3, 0.4) is 0 Å². The molecule has 0 bridgehead atoms. The second-order valence-electron chi connectivity index (χ2n) is 6.80. The predicted octanol–water partition coefficient (Wildman–Crippen LogP) is 2.99. The van der Waals surface area contributed by atoms with Crippen molar-refractivity contribution in [3.8, 4) is 11.1 Å². The first kappa shape index (κ1) is 15.7. The van der Waals surface area contributed by atoms with E-state index in [1.54, 1.807) is 6.20 Å². The first-order chi connectivity index (χ1) is 12.0. The van der Waals surface area contributed by atoms with Gasteiger partial charge in [0.05, 0.1) is 0 Å². The Hall–Kier alpha value is -2.86. The van der Waals surface area contributed by atoms with Gasteiger partial charge in [-0.05, 0) is 36.2 Å². The zero-order chi connectivity index (χ0) is 17.6. The smallest absolute Gasteiger partial charge is 0.157 e. The van der Waals surface area contributed by atoms with E-state index in [-0.39, 0.29) is 0 Å². The van der Waals surface area contributed by atoms with Gasteiger partial charge in [0.2, 0.25) is 0 Å². The number of fused-ring (bicyclic) bond motifs is 1. The summed E-state index contributed by atoms with van der Waals surface area (Å²) >= 11 is 0. The highest BCUT2D eigenvalue weighted by molar-refractivity contribution is 5.77. The van der Waals surface area contributed by atoms with E-state index in [4.69, 9.17) is 0 Å². The van der Waals surface area contributed by atoms with Crippen molar-refractivity contribution in [1.29, 1.82) is 0 Å². The lowest BCUT2D eigenvalue weighted by Gasteiger charge is -2.28. The van der Waals surface area contributed by atoms with Crippen LogP contribution in [0.15, 0.2) is 48.9 Å². The summed E-state index contributed by atoms with van der Waals surface area (Å²) in [7, 11) is 0. The van der Waals surface area contributed by atoms with Crippen LogP contribution in [0.1, 0.15) is 25.2 Å². The molecule has 25 heavy (non-hydrogen) atoms. The SMILES string of the molecule is Cc1ncc(-c2ccc3c(c2)N(c2cccnn2)C(O)C3(C)C)cn1. The average Bonchev–Trinajstić information content (AvgIpc) is 2.82. The average molecular weight is 333 g/mol. The lowest BCUT2D eigenvalue weighted by molar-refractivity contribution is 0.118. The van der Waals surface area contributed by atoms with Crippen LogP contribution in [0.2, 0.25) is 0 Å². The summed E-state index contributed by atoms with van der Waals surface area (Å²) in [5.74, 6) is 1.36. The third-order valence-electron chi connectivity index (χ3n) is 4.76. The molecule has 0 fully saturated rings. The minimum Gasteiger partial charge on any atom is -0.372 e. The van der Waals surface area contributed by atoms with Gasteiger partial charge in [-0.3, -0.25) is 4.90 Å². The van der Waals surface area contributed by atoms with Gasteiger partial charge >= 0.3 is 0 Å². The molecule has 0 radical (unpaired) electrons. The Morgan fingerprint density at radius 2 is 1.84 bits per heavy atom. The molecule has 6 heteroatoms. The van der Waals surface area contributed by atoms with Crippen molar-refractivity contribution in [2.75, 3.05) is 4.90 Å². The van der Waals surface area contributed by atoms with Gasteiger partial charge in [0.1, 0.15) is 12.1 Å². The van der Waals surface area contributed by atoms with E-state index in [9.17, 15) is 5.11 Å². The molecule has 1 unspecified atom stereocenters. The highest BCUT2D eigenvalue weighted by Gasteiger charge is 2.45. The number of benzene rings is 1. The molecule has 1 aliphatic heterocycles. The predicted molar refractivity (Wildman–Crippen MR) is 95.4 cm³/mol. The summed E-state index contributed by atoms with van der Waals surface area (Å²) in [4.78, 5) is 10.4. The molecule has 0 saturated heterocycles. The van der Waals surface area contributed by atoms with Crippen molar-refractivity contribution in [3.05, 3.63) is 60.3 Å². The number of anilines is 2. The van der Waals surface area contributed by atoms with Gasteiger partial charge in [-0.25, -0.2) is 9.97 Å². The van der Waals surface area contributed by atoms with Gasteiger partial charge in [-0.2, -0.15) is 5.10 Å². The molecule has 3 aromatic rings. The topological polar surface area (TPSA) is 75.0 Å². The maximum absolute atomic E-state index is 10.9.